The predicted octanol–water partition coefficient (Wildman–Crippen LogP) is 6.73. The molecule has 180 valence electrons. The molecule has 0 aliphatic carbocycles. The number of amides is 1. The van der Waals surface area contributed by atoms with Gasteiger partial charge in [0.15, 0.2) is 0 Å². The van der Waals surface area contributed by atoms with Gasteiger partial charge < -0.3 is 5.32 Å². The SMILES string of the molecule is O=C(Nc1ccc(SC(F)F)cc1)c1cccc(S(=O)(=O)Nc2cc(C(F)(F)F)ccc2Cl)c1. The summed E-state index contributed by atoms with van der Waals surface area (Å²) in [5.74, 6) is -3.28. The van der Waals surface area contributed by atoms with Crippen LogP contribution in [0.25, 0.3) is 0 Å². The number of thioether (sulfide) groups is 1. The number of sulfonamides is 1. The van der Waals surface area contributed by atoms with E-state index in [-0.39, 0.29) is 16.3 Å². The van der Waals surface area contributed by atoms with Crippen molar-refractivity contribution in [3.63, 3.8) is 0 Å². The molecule has 0 unspecified atom stereocenters. The molecule has 0 saturated heterocycles. The van der Waals surface area contributed by atoms with Gasteiger partial charge in [-0.25, -0.2) is 8.42 Å². The molecule has 3 rings (SSSR count). The Morgan fingerprint density at radius 1 is 0.971 bits per heavy atom. The monoisotopic (exact) mass is 536 g/mol. The number of alkyl halides is 5. The molecule has 3 aromatic rings. The van der Waals surface area contributed by atoms with Crippen LogP contribution in [0.1, 0.15) is 15.9 Å². The van der Waals surface area contributed by atoms with Crippen LogP contribution < -0.4 is 10.0 Å². The molecule has 0 aliphatic rings. The molecular formula is C21H14ClF5N2O3S2. The number of carbonyl (C=O) groups is 1. The van der Waals surface area contributed by atoms with Gasteiger partial charge in [-0.3, -0.25) is 9.52 Å². The van der Waals surface area contributed by atoms with Crippen LogP contribution in [0.2, 0.25) is 5.02 Å². The third-order valence-corrected chi connectivity index (χ3v) is 6.70. The fraction of sp³-hybridized carbons (Fsp3) is 0.0952. The molecule has 0 bridgehead atoms. The molecule has 1 amide bonds. The highest BCUT2D eigenvalue weighted by Crippen LogP contribution is 2.34. The molecule has 5 nitrogen and oxygen atoms in total. The van der Waals surface area contributed by atoms with Crippen LogP contribution >= 0.6 is 23.4 Å². The first kappa shape index (κ1) is 25.8. The number of carbonyl (C=O) groups excluding carboxylic acids is 1. The minimum Gasteiger partial charge on any atom is -0.322 e. The first-order valence-corrected chi connectivity index (χ1v) is 11.9. The maximum atomic E-state index is 13.0. The molecular weight excluding hydrogens is 523 g/mol. The minimum absolute atomic E-state index is 0.0657. The standard InChI is InChI=1S/C21H14ClF5N2O3S2/c22-17-9-4-13(21(25,26)27)11-18(17)29-34(31,32)16-3-1-2-12(10-16)19(30)28-14-5-7-15(8-6-14)33-20(23)24/h1-11,20,29H,(H,28,30). The van der Waals surface area contributed by atoms with Crippen LogP contribution in [0.15, 0.2) is 76.5 Å². The summed E-state index contributed by atoms with van der Waals surface area (Å²) in [6, 6.07) is 12.5. The van der Waals surface area contributed by atoms with E-state index in [9.17, 15) is 35.2 Å². The number of halogens is 6. The summed E-state index contributed by atoms with van der Waals surface area (Å²) in [7, 11) is -4.40. The highest BCUT2D eigenvalue weighted by molar-refractivity contribution is 7.99. The van der Waals surface area contributed by atoms with E-state index in [1.54, 1.807) is 0 Å². The first-order chi connectivity index (χ1) is 15.8. The average Bonchev–Trinajstić information content (AvgIpc) is 2.75. The summed E-state index contributed by atoms with van der Waals surface area (Å²) in [5.41, 5.74) is -1.36. The van der Waals surface area contributed by atoms with Crippen LogP contribution in [0, 0.1) is 0 Å². The molecule has 0 aromatic heterocycles. The lowest BCUT2D eigenvalue weighted by Crippen LogP contribution is -2.16. The molecule has 0 atom stereocenters. The lowest BCUT2D eigenvalue weighted by molar-refractivity contribution is -0.137. The van der Waals surface area contributed by atoms with Crippen LogP contribution in [0.4, 0.5) is 33.3 Å². The Balaban J connectivity index is 1.79. The van der Waals surface area contributed by atoms with Gasteiger partial charge in [0.1, 0.15) is 0 Å². The number of hydrogen-bond acceptors (Lipinski definition) is 4. The van der Waals surface area contributed by atoms with E-state index >= 15 is 0 Å². The molecule has 0 aliphatic heterocycles. The molecule has 34 heavy (non-hydrogen) atoms. The van der Waals surface area contributed by atoms with Gasteiger partial charge in [-0.2, -0.15) is 22.0 Å². The van der Waals surface area contributed by atoms with Gasteiger partial charge in [0.2, 0.25) is 0 Å². The lowest BCUT2D eigenvalue weighted by Gasteiger charge is -2.13. The van der Waals surface area contributed by atoms with Gasteiger partial charge in [-0.1, -0.05) is 29.4 Å². The van der Waals surface area contributed by atoms with Gasteiger partial charge in [0.25, 0.3) is 21.7 Å². The average molecular weight is 537 g/mol. The van der Waals surface area contributed by atoms with Crippen molar-refractivity contribution >= 4 is 50.7 Å². The van der Waals surface area contributed by atoms with E-state index in [1.165, 1.54) is 36.4 Å². The Morgan fingerprint density at radius 2 is 1.65 bits per heavy atom. The third-order valence-electron chi connectivity index (χ3n) is 4.28. The molecule has 2 N–H and O–H groups in total. The first-order valence-electron chi connectivity index (χ1n) is 9.21. The van der Waals surface area contributed by atoms with Crippen LogP contribution in [0.3, 0.4) is 0 Å². The minimum atomic E-state index is -4.71. The number of nitrogens with one attached hydrogen (secondary N) is 2. The Hall–Kier alpha value is -2.83. The molecule has 0 radical (unpaired) electrons. The van der Waals surface area contributed by atoms with E-state index in [1.807, 2.05) is 4.72 Å². The van der Waals surface area contributed by atoms with Crippen molar-refractivity contribution in [3.8, 4) is 0 Å². The Bertz CT molecular complexity index is 1300. The van der Waals surface area contributed by atoms with Gasteiger partial charge in [0, 0.05) is 16.1 Å². The predicted molar refractivity (Wildman–Crippen MR) is 120 cm³/mol. The number of hydrogen-bond donors (Lipinski definition) is 2. The van der Waals surface area contributed by atoms with E-state index in [0.29, 0.717) is 28.8 Å². The normalized spacial score (nSPS) is 12.0. The third kappa shape index (κ3) is 6.61. The smallest absolute Gasteiger partial charge is 0.322 e. The van der Waals surface area contributed by atoms with E-state index in [2.05, 4.69) is 5.32 Å². The summed E-state index contributed by atoms with van der Waals surface area (Å²) >= 11 is 6.19. The Labute approximate surface area is 200 Å². The lowest BCUT2D eigenvalue weighted by atomic mass is 10.2. The number of benzene rings is 3. The molecule has 0 heterocycles. The van der Waals surface area contributed by atoms with Crippen molar-refractivity contribution in [2.45, 2.75) is 21.7 Å². The van der Waals surface area contributed by atoms with Crippen molar-refractivity contribution in [1.82, 2.24) is 0 Å². The molecule has 13 heteroatoms. The van der Waals surface area contributed by atoms with Crippen LogP contribution in [-0.4, -0.2) is 20.1 Å². The van der Waals surface area contributed by atoms with Crippen molar-refractivity contribution in [2.24, 2.45) is 0 Å². The summed E-state index contributed by atoms with van der Waals surface area (Å²) < 4.78 is 91.1. The zero-order valence-electron chi connectivity index (χ0n) is 16.7. The fourth-order valence-corrected chi connectivity index (χ4v) is 4.55. The van der Waals surface area contributed by atoms with E-state index < -0.39 is 44.0 Å². The summed E-state index contributed by atoms with van der Waals surface area (Å²) in [5, 5.41) is 2.25. The van der Waals surface area contributed by atoms with E-state index in [4.69, 9.17) is 11.6 Å². The number of rotatable bonds is 7. The molecule has 3 aromatic carbocycles. The zero-order valence-corrected chi connectivity index (χ0v) is 19.1. The van der Waals surface area contributed by atoms with Crippen LogP contribution in [-0.2, 0) is 16.2 Å². The highest BCUT2D eigenvalue weighted by atomic mass is 35.5. The molecule has 0 saturated carbocycles. The fourth-order valence-electron chi connectivity index (χ4n) is 2.71. The summed E-state index contributed by atoms with van der Waals surface area (Å²) in [6.45, 7) is 0. The maximum Gasteiger partial charge on any atom is 0.416 e. The van der Waals surface area contributed by atoms with E-state index in [0.717, 1.165) is 18.2 Å². The molecule has 0 spiro atoms. The van der Waals surface area contributed by atoms with Gasteiger partial charge >= 0.3 is 6.18 Å². The van der Waals surface area contributed by atoms with Crippen molar-refractivity contribution in [1.29, 1.82) is 0 Å². The van der Waals surface area contributed by atoms with Gasteiger partial charge in [-0.05, 0) is 60.7 Å². The van der Waals surface area contributed by atoms with Gasteiger partial charge in [-0.15, -0.1) is 0 Å². The maximum absolute atomic E-state index is 13.0. The van der Waals surface area contributed by atoms with Crippen LogP contribution in [0.5, 0.6) is 0 Å². The zero-order chi connectivity index (χ0) is 25.1. The van der Waals surface area contributed by atoms with Crippen molar-refractivity contribution < 1.29 is 35.2 Å². The van der Waals surface area contributed by atoms with Gasteiger partial charge in [0.05, 0.1) is 21.2 Å². The highest BCUT2D eigenvalue weighted by Gasteiger charge is 2.31. The van der Waals surface area contributed by atoms with Crippen molar-refractivity contribution in [3.05, 3.63) is 82.9 Å². The Kier molecular flexibility index (Phi) is 7.74. The largest absolute Gasteiger partial charge is 0.416 e. The summed E-state index contributed by atoms with van der Waals surface area (Å²) in [4.78, 5) is 12.4. The van der Waals surface area contributed by atoms with Crippen molar-refractivity contribution in [2.75, 3.05) is 10.0 Å². The quantitative estimate of drug-likeness (QED) is 0.259. The summed E-state index contributed by atoms with van der Waals surface area (Å²) in [6.07, 6.45) is -4.71. The number of anilines is 2. The second kappa shape index (κ2) is 10.2. The molecule has 0 fully saturated rings. The Morgan fingerprint density at radius 3 is 2.26 bits per heavy atom. The second-order valence-corrected chi connectivity index (χ2v) is 9.84. The second-order valence-electron chi connectivity index (χ2n) is 6.68. The topological polar surface area (TPSA) is 75.3 Å².